The van der Waals surface area contributed by atoms with E-state index in [-0.39, 0.29) is 11.5 Å². The average molecular weight is 261 g/mol. The minimum Gasteiger partial charge on any atom is -0.476 e. The Labute approximate surface area is 108 Å². The normalized spacial score (nSPS) is 10.2. The number of nitrogens with two attached hydrogens (primary N) is 1. The zero-order valence-electron chi connectivity index (χ0n) is 9.38. The number of benzene rings is 1. The quantitative estimate of drug-likeness (QED) is 0.735. The molecule has 0 unspecified atom stereocenters. The van der Waals surface area contributed by atoms with Crippen molar-refractivity contribution in [1.29, 1.82) is 0 Å². The molecule has 0 saturated carbocycles. The summed E-state index contributed by atoms with van der Waals surface area (Å²) in [6, 6.07) is 9.55. The molecule has 5 nitrogen and oxygen atoms in total. The van der Waals surface area contributed by atoms with Gasteiger partial charge < -0.3 is 15.8 Å². The maximum Gasteiger partial charge on any atom is 0.358 e. The predicted molar refractivity (Wildman–Crippen MR) is 70.0 cm³/mol. The van der Waals surface area contributed by atoms with Crippen LogP contribution in [0.3, 0.4) is 0 Å². The number of rotatable bonds is 3. The van der Waals surface area contributed by atoms with Gasteiger partial charge in [-0.3, -0.25) is 0 Å². The molecule has 0 fully saturated rings. The lowest BCUT2D eigenvalue weighted by Gasteiger charge is -2.05. The molecule has 0 saturated heterocycles. The largest absolute Gasteiger partial charge is 0.476 e. The van der Waals surface area contributed by atoms with Crippen molar-refractivity contribution in [3.63, 3.8) is 0 Å². The first-order chi connectivity index (χ1) is 8.58. The van der Waals surface area contributed by atoms with Crippen LogP contribution < -0.4 is 5.73 Å². The lowest BCUT2D eigenvalue weighted by molar-refractivity contribution is 0.0691. The van der Waals surface area contributed by atoms with Crippen molar-refractivity contribution in [2.75, 3.05) is 5.73 Å². The van der Waals surface area contributed by atoms with E-state index in [1.165, 1.54) is 0 Å². The van der Waals surface area contributed by atoms with E-state index in [0.717, 1.165) is 5.56 Å². The van der Waals surface area contributed by atoms with Crippen LogP contribution >= 0.6 is 12.2 Å². The first-order valence-corrected chi connectivity index (χ1v) is 5.64. The summed E-state index contributed by atoms with van der Waals surface area (Å²) in [6.07, 6.45) is 0.469. The Bertz CT molecular complexity index is 638. The molecule has 0 bridgehead atoms. The first kappa shape index (κ1) is 12.3. The highest BCUT2D eigenvalue weighted by Gasteiger charge is 2.13. The van der Waals surface area contributed by atoms with Gasteiger partial charge in [0.05, 0.1) is 5.69 Å². The highest BCUT2D eigenvalue weighted by Crippen LogP contribution is 2.12. The molecule has 0 radical (unpaired) electrons. The number of nitrogens with one attached hydrogen (secondary N) is 1. The minimum absolute atomic E-state index is 0.0238. The third-order valence-corrected chi connectivity index (χ3v) is 2.77. The van der Waals surface area contributed by atoms with Crippen LogP contribution in [0.5, 0.6) is 0 Å². The number of nitrogens with zero attached hydrogens (tertiary/aromatic N) is 1. The number of nitrogen functional groups attached to an aromatic ring is 1. The molecule has 2 rings (SSSR count). The number of hydrogen-bond donors (Lipinski definition) is 3. The van der Waals surface area contributed by atoms with Crippen LogP contribution in [0.15, 0.2) is 30.3 Å². The second kappa shape index (κ2) is 4.97. The van der Waals surface area contributed by atoms with E-state index >= 15 is 0 Å². The summed E-state index contributed by atoms with van der Waals surface area (Å²) in [6.45, 7) is 0. The van der Waals surface area contributed by atoms with Crippen LogP contribution in [-0.4, -0.2) is 21.0 Å². The highest BCUT2D eigenvalue weighted by molar-refractivity contribution is 7.71. The van der Waals surface area contributed by atoms with Gasteiger partial charge in [-0.2, -0.15) is 0 Å². The van der Waals surface area contributed by atoms with Crippen LogP contribution in [0.25, 0.3) is 0 Å². The fourth-order valence-electron chi connectivity index (χ4n) is 1.57. The molecule has 1 heterocycles. The minimum atomic E-state index is -1.17. The Morgan fingerprint density at radius 3 is 2.67 bits per heavy atom. The molecule has 6 heteroatoms. The van der Waals surface area contributed by atoms with Crippen molar-refractivity contribution in [2.24, 2.45) is 0 Å². The van der Waals surface area contributed by atoms with Gasteiger partial charge in [0.1, 0.15) is 10.5 Å². The molecule has 92 valence electrons. The topological polar surface area (TPSA) is 92.0 Å². The number of carboxylic acid groups (broad SMARTS) is 1. The molecule has 18 heavy (non-hydrogen) atoms. The van der Waals surface area contributed by atoms with Crippen molar-refractivity contribution >= 4 is 24.0 Å². The predicted octanol–water partition coefficient (Wildman–Crippen LogP) is 2.01. The van der Waals surface area contributed by atoms with Gasteiger partial charge in [-0.25, -0.2) is 9.78 Å². The summed E-state index contributed by atoms with van der Waals surface area (Å²) in [5, 5.41) is 8.95. The van der Waals surface area contributed by atoms with Crippen molar-refractivity contribution < 1.29 is 9.90 Å². The van der Waals surface area contributed by atoms with Crippen molar-refractivity contribution in [3.05, 3.63) is 51.9 Å². The van der Waals surface area contributed by atoms with E-state index in [2.05, 4.69) is 9.97 Å². The summed E-state index contributed by atoms with van der Waals surface area (Å²) in [5.74, 6) is -1.20. The number of H-pyrrole nitrogens is 1. The van der Waals surface area contributed by atoms with E-state index < -0.39 is 5.97 Å². The molecule has 1 aromatic carbocycles. The monoisotopic (exact) mass is 261 g/mol. The van der Waals surface area contributed by atoms with Crippen LogP contribution in [0, 0.1) is 4.64 Å². The second-order valence-electron chi connectivity index (χ2n) is 3.74. The van der Waals surface area contributed by atoms with Gasteiger partial charge in [-0.05, 0) is 5.56 Å². The van der Waals surface area contributed by atoms with Crippen LogP contribution in [0.1, 0.15) is 21.7 Å². The molecular formula is C12H11N3O2S. The SMILES string of the molecule is Nc1[nH]c(=S)c(Cc2ccccc2)nc1C(=O)O. The molecule has 4 N–H and O–H groups in total. The Balaban J connectivity index is 2.42. The third-order valence-electron chi connectivity index (χ3n) is 2.43. The van der Waals surface area contributed by atoms with E-state index in [4.69, 9.17) is 23.1 Å². The Hall–Kier alpha value is -2.21. The summed E-state index contributed by atoms with van der Waals surface area (Å²) >= 11 is 5.09. The fraction of sp³-hybridized carbons (Fsp3) is 0.0833. The number of hydrogen-bond acceptors (Lipinski definition) is 4. The third kappa shape index (κ3) is 2.54. The smallest absolute Gasteiger partial charge is 0.358 e. The molecule has 1 aromatic heterocycles. The van der Waals surface area contributed by atoms with Crippen molar-refractivity contribution in [2.45, 2.75) is 6.42 Å². The lowest BCUT2D eigenvalue weighted by Crippen LogP contribution is -2.10. The molecule has 2 aromatic rings. The molecular weight excluding hydrogens is 250 g/mol. The van der Waals surface area contributed by atoms with Crippen LogP contribution in [0.2, 0.25) is 0 Å². The van der Waals surface area contributed by atoms with Gasteiger partial charge in [0.2, 0.25) is 0 Å². The second-order valence-corrected chi connectivity index (χ2v) is 4.15. The molecule has 0 atom stereocenters. The van der Waals surface area contributed by atoms with Gasteiger partial charge in [-0.1, -0.05) is 42.5 Å². The Morgan fingerprint density at radius 1 is 1.39 bits per heavy atom. The first-order valence-electron chi connectivity index (χ1n) is 5.24. The van der Waals surface area contributed by atoms with E-state index in [0.29, 0.717) is 16.8 Å². The maximum absolute atomic E-state index is 10.9. The van der Waals surface area contributed by atoms with Crippen molar-refractivity contribution in [3.8, 4) is 0 Å². The summed E-state index contributed by atoms with van der Waals surface area (Å²) < 4.78 is 0.362. The van der Waals surface area contributed by atoms with Crippen molar-refractivity contribution in [1.82, 2.24) is 9.97 Å². The zero-order valence-corrected chi connectivity index (χ0v) is 10.2. The van der Waals surface area contributed by atoms with Gasteiger partial charge >= 0.3 is 5.97 Å². The zero-order chi connectivity index (χ0) is 13.1. The number of carboxylic acids is 1. The average Bonchev–Trinajstić information content (AvgIpc) is 2.33. The summed E-state index contributed by atoms with van der Waals surface area (Å²) in [4.78, 5) is 17.6. The lowest BCUT2D eigenvalue weighted by atomic mass is 10.1. The maximum atomic E-state index is 10.9. The fourth-order valence-corrected chi connectivity index (χ4v) is 1.80. The van der Waals surface area contributed by atoms with Gasteiger partial charge in [0.25, 0.3) is 0 Å². The Morgan fingerprint density at radius 2 is 2.06 bits per heavy atom. The summed E-state index contributed by atoms with van der Waals surface area (Å²) in [7, 11) is 0. The van der Waals surface area contributed by atoms with E-state index in [1.807, 2.05) is 30.3 Å². The number of aromatic carboxylic acids is 1. The molecule has 0 aliphatic carbocycles. The van der Waals surface area contributed by atoms with Crippen LogP contribution in [-0.2, 0) is 6.42 Å². The van der Waals surface area contributed by atoms with E-state index in [1.54, 1.807) is 0 Å². The Kier molecular flexibility index (Phi) is 3.38. The standard InChI is InChI=1S/C12H11N3O2S/c13-10-9(12(16)17)14-8(11(18)15-10)6-7-4-2-1-3-5-7/h1-5H,6H2,(H,16,17)(H3,13,15,18). The number of aromatic amines is 1. The summed E-state index contributed by atoms with van der Waals surface area (Å²) in [5.41, 5.74) is 6.83. The van der Waals surface area contributed by atoms with E-state index in [9.17, 15) is 4.79 Å². The van der Waals surface area contributed by atoms with Gasteiger partial charge in [0.15, 0.2) is 5.69 Å². The number of aromatic nitrogens is 2. The van der Waals surface area contributed by atoms with Gasteiger partial charge in [-0.15, -0.1) is 0 Å². The number of anilines is 1. The van der Waals surface area contributed by atoms with Gasteiger partial charge in [0, 0.05) is 6.42 Å². The molecule has 0 aliphatic heterocycles. The van der Waals surface area contributed by atoms with Crippen LogP contribution in [0.4, 0.5) is 5.82 Å². The molecule has 0 spiro atoms. The highest BCUT2D eigenvalue weighted by atomic mass is 32.1. The molecule has 0 aliphatic rings. The number of carbonyl (C=O) groups is 1. The molecule has 0 amide bonds.